The number of likely N-dealkylation sites (tertiary alicyclic amines) is 1. The average molecular weight is 558 g/mol. The first-order chi connectivity index (χ1) is 18.8. The van der Waals surface area contributed by atoms with Gasteiger partial charge in [-0.2, -0.15) is 0 Å². The molecule has 0 radical (unpaired) electrons. The topological polar surface area (TPSA) is 200 Å². The SMILES string of the molecule is CC(C)(C)C(NC(=O)[C@@H](NC(=O)c1cnccn1)C1CCCCC1)C(=O)N1C[C@@]2(C[C@H]1C(=O)O)NC(=O)NC2=O. The molecule has 1 aliphatic carbocycles. The van der Waals surface area contributed by atoms with Gasteiger partial charge in [-0.15, -0.1) is 0 Å². The summed E-state index contributed by atoms with van der Waals surface area (Å²) in [5.74, 6) is -4.09. The molecule has 2 aliphatic heterocycles. The van der Waals surface area contributed by atoms with Crippen LogP contribution in [-0.2, 0) is 19.2 Å². The third kappa shape index (κ3) is 5.89. The Kier molecular flexibility index (Phi) is 8.08. The minimum absolute atomic E-state index is 0.0445. The number of carbonyl (C=O) groups is 6. The maximum absolute atomic E-state index is 13.9. The van der Waals surface area contributed by atoms with Crippen LogP contribution < -0.4 is 21.3 Å². The highest BCUT2D eigenvalue weighted by Gasteiger charge is 2.58. The van der Waals surface area contributed by atoms with E-state index in [9.17, 15) is 33.9 Å². The lowest BCUT2D eigenvalue weighted by Crippen LogP contribution is -2.61. The Bertz CT molecular complexity index is 1200. The lowest BCUT2D eigenvalue weighted by atomic mass is 9.82. The summed E-state index contributed by atoms with van der Waals surface area (Å²) in [7, 11) is 0. The normalized spacial score (nSPS) is 24.7. The van der Waals surface area contributed by atoms with Gasteiger partial charge in [0, 0.05) is 18.8 Å². The molecule has 40 heavy (non-hydrogen) atoms. The van der Waals surface area contributed by atoms with Crippen molar-refractivity contribution < 1.29 is 33.9 Å². The molecule has 1 aromatic rings. The van der Waals surface area contributed by atoms with E-state index in [1.807, 2.05) is 0 Å². The molecule has 4 atom stereocenters. The summed E-state index contributed by atoms with van der Waals surface area (Å²) in [5, 5.41) is 20.0. The predicted molar refractivity (Wildman–Crippen MR) is 138 cm³/mol. The van der Waals surface area contributed by atoms with Gasteiger partial charge in [0.05, 0.1) is 12.7 Å². The highest BCUT2D eigenvalue weighted by atomic mass is 16.4. The molecule has 1 saturated carbocycles. The molecule has 3 aliphatic rings. The van der Waals surface area contributed by atoms with Crippen molar-refractivity contribution >= 4 is 35.6 Å². The summed E-state index contributed by atoms with van der Waals surface area (Å²) in [6.07, 6.45) is 7.98. The zero-order valence-corrected chi connectivity index (χ0v) is 22.7. The molecule has 1 aromatic heterocycles. The number of amides is 6. The van der Waals surface area contributed by atoms with Crippen molar-refractivity contribution in [2.75, 3.05) is 6.54 Å². The van der Waals surface area contributed by atoms with Gasteiger partial charge < -0.3 is 26.0 Å². The van der Waals surface area contributed by atoms with Crippen LogP contribution in [0.2, 0.25) is 0 Å². The third-order valence-corrected chi connectivity index (χ3v) is 7.83. The highest BCUT2D eigenvalue weighted by molar-refractivity contribution is 6.08. The molecular formula is C26H35N7O7. The van der Waals surface area contributed by atoms with Crippen LogP contribution in [0.4, 0.5) is 4.79 Å². The van der Waals surface area contributed by atoms with Crippen LogP contribution in [0.1, 0.15) is 69.8 Å². The molecule has 2 saturated heterocycles. The first-order valence-electron chi connectivity index (χ1n) is 13.4. The molecule has 6 amide bonds. The largest absolute Gasteiger partial charge is 0.480 e. The molecule has 0 bridgehead atoms. The zero-order chi connectivity index (χ0) is 29.2. The van der Waals surface area contributed by atoms with Gasteiger partial charge in [-0.1, -0.05) is 40.0 Å². The monoisotopic (exact) mass is 557 g/mol. The van der Waals surface area contributed by atoms with Gasteiger partial charge in [0.25, 0.3) is 11.8 Å². The number of nitrogens with one attached hydrogen (secondary N) is 4. The van der Waals surface area contributed by atoms with Crippen LogP contribution in [0.3, 0.4) is 0 Å². The number of carboxylic acid groups (broad SMARTS) is 1. The fourth-order valence-corrected chi connectivity index (χ4v) is 5.68. The van der Waals surface area contributed by atoms with E-state index >= 15 is 0 Å². The number of hydrogen-bond donors (Lipinski definition) is 5. The molecule has 5 N–H and O–H groups in total. The Hall–Kier alpha value is -4.10. The van der Waals surface area contributed by atoms with E-state index in [-0.39, 0.29) is 24.6 Å². The fourth-order valence-electron chi connectivity index (χ4n) is 5.68. The number of urea groups is 1. The summed E-state index contributed by atoms with van der Waals surface area (Å²) in [6.45, 7) is 4.79. The lowest BCUT2D eigenvalue weighted by molar-refractivity contribution is -0.151. The molecule has 1 unspecified atom stereocenters. The van der Waals surface area contributed by atoms with Crippen molar-refractivity contribution in [2.24, 2.45) is 11.3 Å². The molecule has 4 rings (SSSR count). The number of rotatable bonds is 7. The number of hydrogen-bond acceptors (Lipinski definition) is 8. The summed E-state index contributed by atoms with van der Waals surface area (Å²) in [6, 6.07) is -4.33. The summed E-state index contributed by atoms with van der Waals surface area (Å²) in [4.78, 5) is 86.0. The lowest BCUT2D eigenvalue weighted by Gasteiger charge is -2.37. The quantitative estimate of drug-likeness (QED) is 0.285. The van der Waals surface area contributed by atoms with Crippen molar-refractivity contribution in [2.45, 2.75) is 83.0 Å². The van der Waals surface area contributed by atoms with Gasteiger partial charge in [-0.25, -0.2) is 14.6 Å². The van der Waals surface area contributed by atoms with Gasteiger partial charge in [0.15, 0.2) is 0 Å². The molecular weight excluding hydrogens is 522 g/mol. The van der Waals surface area contributed by atoms with E-state index in [4.69, 9.17) is 0 Å². The van der Waals surface area contributed by atoms with Crippen LogP contribution in [0.15, 0.2) is 18.6 Å². The van der Waals surface area contributed by atoms with Gasteiger partial charge in [-0.3, -0.25) is 29.5 Å². The van der Waals surface area contributed by atoms with Gasteiger partial charge in [0.1, 0.15) is 29.4 Å². The average Bonchev–Trinajstić information content (AvgIpc) is 3.43. The summed E-state index contributed by atoms with van der Waals surface area (Å²) >= 11 is 0. The number of imide groups is 1. The Labute approximate surface area is 231 Å². The van der Waals surface area contributed by atoms with Crippen molar-refractivity contribution in [3.63, 3.8) is 0 Å². The van der Waals surface area contributed by atoms with Gasteiger partial charge in [0.2, 0.25) is 11.8 Å². The van der Waals surface area contributed by atoms with Gasteiger partial charge in [-0.05, 0) is 24.2 Å². The first-order valence-corrected chi connectivity index (χ1v) is 13.4. The molecule has 216 valence electrons. The molecule has 3 fully saturated rings. The number of nitrogens with zero attached hydrogens (tertiary/aromatic N) is 3. The predicted octanol–water partition coefficient (Wildman–Crippen LogP) is -0.0501. The standard InChI is InChI=1S/C26H35N7O7/c1-25(2,3)18(21(36)33-13-26(11-16(33)22(37)38)23(39)31-24(40)32-26)30-20(35)17(14-7-5-4-6-8-14)29-19(34)15-12-27-9-10-28-15/h9-10,12,14,16-18H,4-8,11,13H2,1-3H3,(H,29,34)(H,30,35)(H,37,38)(H2,31,32,39,40)/t16-,17-,18?,26+/m0/s1. The Balaban J connectivity index is 1.59. The van der Waals surface area contributed by atoms with Crippen LogP contribution in [0, 0.1) is 11.3 Å². The fraction of sp³-hybridized carbons (Fsp3) is 0.615. The minimum Gasteiger partial charge on any atom is -0.480 e. The number of aliphatic carboxylic acids is 1. The summed E-state index contributed by atoms with van der Waals surface area (Å²) < 4.78 is 0. The number of carboxylic acids is 1. The minimum atomic E-state index is -1.57. The van der Waals surface area contributed by atoms with Crippen LogP contribution in [0.25, 0.3) is 0 Å². The zero-order valence-electron chi connectivity index (χ0n) is 22.7. The van der Waals surface area contributed by atoms with Crippen LogP contribution >= 0.6 is 0 Å². The van der Waals surface area contributed by atoms with E-state index < -0.39 is 64.7 Å². The van der Waals surface area contributed by atoms with Crippen molar-refractivity contribution in [3.05, 3.63) is 24.3 Å². The third-order valence-electron chi connectivity index (χ3n) is 7.83. The van der Waals surface area contributed by atoms with E-state index in [0.29, 0.717) is 12.8 Å². The van der Waals surface area contributed by atoms with E-state index in [2.05, 4.69) is 31.2 Å². The second-order valence-electron chi connectivity index (χ2n) is 11.8. The molecule has 14 heteroatoms. The molecule has 1 spiro atoms. The number of carbonyl (C=O) groups excluding carboxylic acids is 5. The molecule has 3 heterocycles. The maximum atomic E-state index is 13.9. The second kappa shape index (κ2) is 11.2. The molecule has 0 aromatic carbocycles. The van der Waals surface area contributed by atoms with E-state index in [0.717, 1.165) is 24.2 Å². The van der Waals surface area contributed by atoms with E-state index in [1.54, 1.807) is 20.8 Å². The Morgan fingerprint density at radius 1 is 1.10 bits per heavy atom. The first kappa shape index (κ1) is 28.9. The molecule has 14 nitrogen and oxygen atoms in total. The van der Waals surface area contributed by atoms with Crippen LogP contribution in [0.5, 0.6) is 0 Å². The van der Waals surface area contributed by atoms with Crippen molar-refractivity contribution in [1.82, 2.24) is 36.1 Å². The van der Waals surface area contributed by atoms with Crippen molar-refractivity contribution in [1.29, 1.82) is 0 Å². The number of aromatic nitrogens is 2. The van der Waals surface area contributed by atoms with Crippen LogP contribution in [-0.4, -0.2) is 85.8 Å². The van der Waals surface area contributed by atoms with Crippen molar-refractivity contribution in [3.8, 4) is 0 Å². The van der Waals surface area contributed by atoms with Gasteiger partial charge >= 0.3 is 12.0 Å². The Morgan fingerprint density at radius 3 is 2.35 bits per heavy atom. The smallest absolute Gasteiger partial charge is 0.326 e. The maximum Gasteiger partial charge on any atom is 0.326 e. The Morgan fingerprint density at radius 2 is 1.80 bits per heavy atom. The highest BCUT2D eigenvalue weighted by Crippen LogP contribution is 2.33. The summed E-state index contributed by atoms with van der Waals surface area (Å²) in [5.41, 5.74) is -2.40. The van der Waals surface area contributed by atoms with E-state index in [1.165, 1.54) is 18.6 Å². The second-order valence-corrected chi connectivity index (χ2v) is 11.8.